The molecule has 1 aromatic heterocycles. The van der Waals surface area contributed by atoms with E-state index in [2.05, 4.69) is 34.6 Å². The number of hydrogen-bond donors (Lipinski definition) is 1. The van der Waals surface area contributed by atoms with Crippen LogP contribution >= 0.6 is 11.5 Å². The second-order valence-electron chi connectivity index (χ2n) is 4.32. The lowest BCUT2D eigenvalue weighted by atomic mass is 10.2. The fraction of sp³-hybridized carbons (Fsp3) is 0.385. The Bertz CT molecular complexity index is 510. The summed E-state index contributed by atoms with van der Waals surface area (Å²) in [5.74, 6) is 2.14. The molecule has 2 rings (SSSR count). The van der Waals surface area contributed by atoms with Gasteiger partial charge >= 0.3 is 0 Å². The predicted molar refractivity (Wildman–Crippen MR) is 74.3 cm³/mol. The van der Waals surface area contributed by atoms with Crippen molar-refractivity contribution in [3.05, 3.63) is 35.7 Å². The van der Waals surface area contributed by atoms with E-state index in [1.807, 2.05) is 18.2 Å². The Hall–Kier alpha value is -1.62. The minimum absolute atomic E-state index is 0.369. The molecule has 2 aromatic rings. The molecule has 4 nitrogen and oxygen atoms in total. The van der Waals surface area contributed by atoms with Crippen LogP contribution in [0.15, 0.2) is 24.3 Å². The first-order valence-electron chi connectivity index (χ1n) is 5.89. The lowest BCUT2D eigenvalue weighted by Gasteiger charge is -2.05. The molecule has 1 heterocycles. The van der Waals surface area contributed by atoms with Crippen molar-refractivity contribution in [2.45, 2.75) is 26.3 Å². The Balaban J connectivity index is 1.97. The minimum atomic E-state index is 0.369. The quantitative estimate of drug-likeness (QED) is 0.899. The average Bonchev–Trinajstić information content (AvgIpc) is 2.85. The van der Waals surface area contributed by atoms with E-state index in [-0.39, 0.29) is 0 Å². The number of benzene rings is 1. The molecule has 1 aromatic carbocycles. The predicted octanol–water partition coefficient (Wildman–Crippen LogP) is 3.28. The van der Waals surface area contributed by atoms with Crippen molar-refractivity contribution in [2.75, 3.05) is 12.4 Å². The summed E-state index contributed by atoms with van der Waals surface area (Å²) < 4.78 is 9.49. The maximum Gasteiger partial charge on any atom is 0.202 e. The minimum Gasteiger partial charge on any atom is -0.497 e. The molecular weight excluding hydrogens is 246 g/mol. The summed E-state index contributed by atoms with van der Waals surface area (Å²) in [7, 11) is 1.67. The molecule has 0 radical (unpaired) electrons. The molecule has 0 aliphatic heterocycles. The van der Waals surface area contributed by atoms with Gasteiger partial charge in [0.05, 0.1) is 7.11 Å². The van der Waals surface area contributed by atoms with Gasteiger partial charge in [-0.2, -0.15) is 4.37 Å². The van der Waals surface area contributed by atoms with Crippen LogP contribution in [-0.2, 0) is 6.54 Å². The normalized spacial score (nSPS) is 10.7. The van der Waals surface area contributed by atoms with Gasteiger partial charge in [-0.1, -0.05) is 26.0 Å². The Kier molecular flexibility index (Phi) is 4.15. The van der Waals surface area contributed by atoms with Crippen LogP contribution in [0.25, 0.3) is 0 Å². The molecule has 0 unspecified atom stereocenters. The van der Waals surface area contributed by atoms with E-state index in [0.29, 0.717) is 5.92 Å². The molecule has 1 N–H and O–H groups in total. The number of nitrogens with zero attached hydrogens (tertiary/aromatic N) is 2. The molecular formula is C13H17N3OS. The van der Waals surface area contributed by atoms with Crippen molar-refractivity contribution in [1.29, 1.82) is 0 Å². The van der Waals surface area contributed by atoms with Crippen molar-refractivity contribution in [3.63, 3.8) is 0 Å². The van der Waals surface area contributed by atoms with Crippen LogP contribution < -0.4 is 10.1 Å². The molecule has 96 valence electrons. The molecule has 0 bridgehead atoms. The largest absolute Gasteiger partial charge is 0.497 e. The molecule has 0 amide bonds. The van der Waals surface area contributed by atoms with Crippen LogP contribution in [0.1, 0.15) is 31.2 Å². The van der Waals surface area contributed by atoms with E-state index in [1.165, 1.54) is 11.5 Å². The highest BCUT2D eigenvalue weighted by molar-refractivity contribution is 7.09. The van der Waals surface area contributed by atoms with Gasteiger partial charge < -0.3 is 10.1 Å². The topological polar surface area (TPSA) is 47.0 Å². The Morgan fingerprint density at radius 2 is 2.22 bits per heavy atom. The van der Waals surface area contributed by atoms with Gasteiger partial charge in [0.1, 0.15) is 11.6 Å². The van der Waals surface area contributed by atoms with E-state index >= 15 is 0 Å². The zero-order valence-corrected chi connectivity index (χ0v) is 11.6. The number of methoxy groups -OCH3 is 1. The summed E-state index contributed by atoms with van der Waals surface area (Å²) >= 11 is 1.40. The van der Waals surface area contributed by atoms with E-state index in [4.69, 9.17) is 4.74 Å². The molecule has 5 heteroatoms. The lowest BCUT2D eigenvalue weighted by molar-refractivity contribution is 0.414. The molecule has 18 heavy (non-hydrogen) atoms. The molecule has 0 fully saturated rings. The van der Waals surface area contributed by atoms with Gasteiger partial charge in [0, 0.05) is 24.0 Å². The van der Waals surface area contributed by atoms with E-state index in [0.717, 1.165) is 28.8 Å². The molecule has 0 aliphatic carbocycles. The van der Waals surface area contributed by atoms with Crippen LogP contribution in [0, 0.1) is 0 Å². The van der Waals surface area contributed by atoms with Gasteiger partial charge in [-0.15, -0.1) is 0 Å². The second kappa shape index (κ2) is 5.82. The summed E-state index contributed by atoms with van der Waals surface area (Å²) in [5.41, 5.74) is 1.16. The van der Waals surface area contributed by atoms with E-state index < -0.39 is 0 Å². The first-order valence-corrected chi connectivity index (χ1v) is 6.67. The van der Waals surface area contributed by atoms with Crippen LogP contribution in [0.2, 0.25) is 0 Å². The van der Waals surface area contributed by atoms with Gasteiger partial charge in [0.15, 0.2) is 0 Å². The standard InChI is InChI=1S/C13H17N3OS/c1-9(2)12-15-13(18-16-12)14-8-10-5-4-6-11(7-10)17-3/h4-7,9H,8H2,1-3H3,(H,14,15,16). The zero-order chi connectivity index (χ0) is 13.0. The third-order valence-corrected chi connectivity index (χ3v) is 3.22. The number of hydrogen-bond acceptors (Lipinski definition) is 5. The van der Waals surface area contributed by atoms with Crippen molar-refractivity contribution >= 4 is 16.7 Å². The summed E-state index contributed by atoms with van der Waals surface area (Å²) in [6.07, 6.45) is 0. The van der Waals surface area contributed by atoms with Gasteiger partial charge in [0.25, 0.3) is 0 Å². The molecule has 0 saturated heterocycles. The second-order valence-corrected chi connectivity index (χ2v) is 5.07. The SMILES string of the molecule is COc1cccc(CNc2nc(C(C)C)ns2)c1. The lowest BCUT2D eigenvalue weighted by Crippen LogP contribution is -1.99. The summed E-state index contributed by atoms with van der Waals surface area (Å²) in [5, 5.41) is 4.14. The summed E-state index contributed by atoms with van der Waals surface area (Å²) in [6.45, 7) is 4.91. The maximum absolute atomic E-state index is 5.19. The van der Waals surface area contributed by atoms with Crippen molar-refractivity contribution in [1.82, 2.24) is 9.36 Å². The molecule has 0 saturated carbocycles. The third kappa shape index (κ3) is 3.20. The van der Waals surface area contributed by atoms with Gasteiger partial charge in [0.2, 0.25) is 5.13 Å². The number of aromatic nitrogens is 2. The van der Waals surface area contributed by atoms with Gasteiger partial charge in [-0.25, -0.2) is 4.98 Å². The first-order chi connectivity index (χ1) is 8.69. The highest BCUT2D eigenvalue weighted by atomic mass is 32.1. The van der Waals surface area contributed by atoms with Crippen LogP contribution in [0.4, 0.5) is 5.13 Å². The molecule has 0 spiro atoms. The van der Waals surface area contributed by atoms with Crippen molar-refractivity contribution in [2.24, 2.45) is 0 Å². The summed E-state index contributed by atoms with van der Waals surface area (Å²) in [6, 6.07) is 7.98. The van der Waals surface area contributed by atoms with Crippen molar-refractivity contribution < 1.29 is 4.74 Å². The zero-order valence-electron chi connectivity index (χ0n) is 10.8. The fourth-order valence-electron chi connectivity index (χ4n) is 1.50. The van der Waals surface area contributed by atoms with E-state index in [9.17, 15) is 0 Å². The highest BCUT2D eigenvalue weighted by Crippen LogP contribution is 2.19. The maximum atomic E-state index is 5.19. The van der Waals surface area contributed by atoms with Gasteiger partial charge in [-0.3, -0.25) is 0 Å². The highest BCUT2D eigenvalue weighted by Gasteiger charge is 2.07. The van der Waals surface area contributed by atoms with Crippen LogP contribution in [0.5, 0.6) is 5.75 Å². The Morgan fingerprint density at radius 3 is 2.89 bits per heavy atom. The fourth-order valence-corrected chi connectivity index (χ4v) is 2.20. The monoisotopic (exact) mass is 263 g/mol. The number of anilines is 1. The Labute approximate surface area is 111 Å². The first kappa shape index (κ1) is 12.8. The smallest absolute Gasteiger partial charge is 0.202 e. The Morgan fingerprint density at radius 1 is 1.39 bits per heavy atom. The molecule has 0 atom stereocenters. The van der Waals surface area contributed by atoms with Gasteiger partial charge in [-0.05, 0) is 17.7 Å². The van der Waals surface area contributed by atoms with Crippen LogP contribution in [-0.4, -0.2) is 16.5 Å². The number of ether oxygens (including phenoxy) is 1. The van der Waals surface area contributed by atoms with Crippen LogP contribution in [0.3, 0.4) is 0 Å². The summed E-state index contributed by atoms with van der Waals surface area (Å²) in [4.78, 5) is 4.43. The van der Waals surface area contributed by atoms with Crippen molar-refractivity contribution in [3.8, 4) is 5.75 Å². The molecule has 0 aliphatic rings. The average molecular weight is 263 g/mol. The third-order valence-electron chi connectivity index (χ3n) is 2.54. The number of nitrogens with one attached hydrogen (secondary N) is 1. The van der Waals surface area contributed by atoms with E-state index in [1.54, 1.807) is 7.11 Å². The number of rotatable bonds is 5.